The first-order valence-corrected chi connectivity index (χ1v) is 4.76. The summed E-state index contributed by atoms with van der Waals surface area (Å²) < 4.78 is 40.6. The van der Waals surface area contributed by atoms with E-state index in [1.807, 2.05) is 0 Å². The standard InChI is InChI=1S/C9H15F3N2O3/c1-6(15)13-7(8(16)17-3)4-14(2)5-9(10,11)12/h7H,4-5H2,1-3H3,(H,13,15). The van der Waals surface area contributed by atoms with Gasteiger partial charge in [0.2, 0.25) is 5.91 Å². The van der Waals surface area contributed by atoms with Crippen molar-refractivity contribution < 1.29 is 27.5 Å². The van der Waals surface area contributed by atoms with Crippen molar-refractivity contribution in [3.63, 3.8) is 0 Å². The number of nitrogens with zero attached hydrogens (tertiary/aromatic N) is 1. The smallest absolute Gasteiger partial charge is 0.401 e. The third-order valence-electron chi connectivity index (χ3n) is 1.81. The molecule has 1 amide bonds. The van der Waals surface area contributed by atoms with Crippen molar-refractivity contribution in [3.05, 3.63) is 0 Å². The zero-order valence-electron chi connectivity index (χ0n) is 9.80. The topological polar surface area (TPSA) is 58.6 Å². The van der Waals surface area contributed by atoms with Crippen LogP contribution in [0.1, 0.15) is 6.92 Å². The highest BCUT2D eigenvalue weighted by Gasteiger charge is 2.31. The molecule has 0 saturated heterocycles. The van der Waals surface area contributed by atoms with Crippen LogP contribution < -0.4 is 5.32 Å². The van der Waals surface area contributed by atoms with E-state index in [1.54, 1.807) is 0 Å². The van der Waals surface area contributed by atoms with Crippen molar-refractivity contribution in [3.8, 4) is 0 Å². The number of hydrogen-bond acceptors (Lipinski definition) is 4. The number of nitrogens with one attached hydrogen (secondary N) is 1. The summed E-state index contributed by atoms with van der Waals surface area (Å²) >= 11 is 0. The largest absolute Gasteiger partial charge is 0.467 e. The van der Waals surface area contributed by atoms with Crippen molar-refractivity contribution in [2.45, 2.75) is 19.1 Å². The minimum Gasteiger partial charge on any atom is -0.467 e. The van der Waals surface area contributed by atoms with Gasteiger partial charge in [-0.05, 0) is 7.05 Å². The minimum atomic E-state index is -4.36. The van der Waals surface area contributed by atoms with Gasteiger partial charge in [0.05, 0.1) is 13.7 Å². The van der Waals surface area contributed by atoms with E-state index >= 15 is 0 Å². The van der Waals surface area contributed by atoms with Gasteiger partial charge in [0.1, 0.15) is 6.04 Å². The number of hydrogen-bond donors (Lipinski definition) is 1. The average molecular weight is 256 g/mol. The van der Waals surface area contributed by atoms with E-state index in [0.29, 0.717) is 0 Å². The Morgan fingerprint density at radius 3 is 2.29 bits per heavy atom. The molecule has 8 heteroatoms. The molecular formula is C9H15F3N2O3. The van der Waals surface area contributed by atoms with Crippen molar-refractivity contribution >= 4 is 11.9 Å². The van der Waals surface area contributed by atoms with Gasteiger partial charge in [-0.25, -0.2) is 4.79 Å². The number of carbonyl (C=O) groups is 2. The number of ether oxygens (including phenoxy) is 1. The molecule has 0 spiro atoms. The van der Waals surface area contributed by atoms with Crippen LogP contribution in [0.15, 0.2) is 0 Å². The van der Waals surface area contributed by atoms with Gasteiger partial charge in [0.15, 0.2) is 0 Å². The summed E-state index contributed by atoms with van der Waals surface area (Å²) in [5.74, 6) is -1.30. The third-order valence-corrected chi connectivity index (χ3v) is 1.81. The fourth-order valence-corrected chi connectivity index (χ4v) is 1.25. The predicted molar refractivity (Wildman–Crippen MR) is 53.2 cm³/mol. The lowest BCUT2D eigenvalue weighted by Gasteiger charge is -2.23. The Hall–Kier alpha value is -1.31. The second-order valence-corrected chi connectivity index (χ2v) is 3.59. The summed E-state index contributed by atoms with van der Waals surface area (Å²) in [5, 5.41) is 2.22. The monoisotopic (exact) mass is 256 g/mol. The van der Waals surface area contributed by atoms with Crippen LogP contribution in [0.25, 0.3) is 0 Å². The quantitative estimate of drug-likeness (QED) is 0.712. The SMILES string of the molecule is COC(=O)C(CN(C)CC(F)(F)F)NC(C)=O. The first-order valence-electron chi connectivity index (χ1n) is 4.76. The molecule has 0 aromatic carbocycles. The summed E-state index contributed by atoms with van der Waals surface area (Å²) in [6.07, 6.45) is -4.36. The van der Waals surface area contributed by atoms with Crippen LogP contribution in [0.4, 0.5) is 13.2 Å². The van der Waals surface area contributed by atoms with Crippen molar-refractivity contribution in [1.29, 1.82) is 0 Å². The number of amides is 1. The average Bonchev–Trinajstić information content (AvgIpc) is 2.11. The van der Waals surface area contributed by atoms with Crippen molar-refractivity contribution in [2.24, 2.45) is 0 Å². The Bertz CT molecular complexity index is 281. The summed E-state index contributed by atoms with van der Waals surface area (Å²) in [6, 6.07) is -1.11. The number of esters is 1. The van der Waals surface area contributed by atoms with Crippen molar-refractivity contribution in [1.82, 2.24) is 10.2 Å². The van der Waals surface area contributed by atoms with E-state index < -0.39 is 30.6 Å². The Morgan fingerprint density at radius 2 is 1.94 bits per heavy atom. The highest BCUT2D eigenvalue weighted by molar-refractivity contribution is 5.83. The molecule has 100 valence electrons. The van der Waals surface area contributed by atoms with E-state index in [4.69, 9.17) is 0 Å². The Morgan fingerprint density at radius 1 is 1.41 bits per heavy atom. The Kier molecular flexibility index (Phi) is 5.94. The van der Waals surface area contributed by atoms with E-state index in [9.17, 15) is 22.8 Å². The summed E-state index contributed by atoms with van der Waals surface area (Å²) in [4.78, 5) is 22.9. The van der Waals surface area contributed by atoms with Crippen LogP contribution in [0.2, 0.25) is 0 Å². The third kappa shape index (κ3) is 7.56. The summed E-state index contributed by atoms with van der Waals surface area (Å²) in [6.45, 7) is -0.272. The zero-order chi connectivity index (χ0) is 13.6. The molecule has 1 unspecified atom stereocenters. The van der Waals surface area contributed by atoms with Crippen LogP contribution in [-0.2, 0) is 14.3 Å². The molecule has 5 nitrogen and oxygen atoms in total. The van der Waals surface area contributed by atoms with Crippen LogP contribution in [0.3, 0.4) is 0 Å². The van der Waals surface area contributed by atoms with Gasteiger partial charge >= 0.3 is 12.1 Å². The van der Waals surface area contributed by atoms with E-state index in [0.717, 1.165) is 12.0 Å². The first-order chi connectivity index (χ1) is 7.65. The highest BCUT2D eigenvalue weighted by Crippen LogP contribution is 2.15. The number of likely N-dealkylation sites (N-methyl/N-ethyl adjacent to an activating group) is 1. The van der Waals surface area contributed by atoms with Gasteiger partial charge in [0, 0.05) is 13.5 Å². The van der Waals surface area contributed by atoms with Crippen LogP contribution in [0, 0.1) is 0 Å². The number of alkyl halides is 3. The molecule has 0 heterocycles. The number of rotatable bonds is 5. The van der Waals surface area contributed by atoms with Gasteiger partial charge in [-0.15, -0.1) is 0 Å². The lowest BCUT2D eigenvalue weighted by atomic mass is 10.2. The molecule has 0 aromatic heterocycles. The molecule has 0 fully saturated rings. The molecule has 0 aromatic rings. The fourth-order valence-electron chi connectivity index (χ4n) is 1.25. The molecule has 1 N–H and O–H groups in total. The molecule has 17 heavy (non-hydrogen) atoms. The van der Waals surface area contributed by atoms with Gasteiger partial charge in [-0.1, -0.05) is 0 Å². The molecule has 0 aliphatic heterocycles. The second kappa shape index (κ2) is 6.43. The molecule has 1 atom stereocenters. The zero-order valence-corrected chi connectivity index (χ0v) is 9.80. The molecule has 0 radical (unpaired) electrons. The maximum Gasteiger partial charge on any atom is 0.401 e. The Labute approximate surface area is 96.9 Å². The predicted octanol–water partition coefficient (Wildman–Crippen LogP) is 0.158. The lowest BCUT2D eigenvalue weighted by Crippen LogP contribution is -2.49. The highest BCUT2D eigenvalue weighted by atomic mass is 19.4. The van der Waals surface area contributed by atoms with Gasteiger partial charge in [-0.2, -0.15) is 13.2 Å². The van der Waals surface area contributed by atoms with Crippen LogP contribution in [-0.4, -0.2) is 56.2 Å². The van der Waals surface area contributed by atoms with E-state index in [-0.39, 0.29) is 6.54 Å². The minimum absolute atomic E-state index is 0.272. The maximum absolute atomic E-state index is 12.1. The molecule has 0 saturated carbocycles. The second-order valence-electron chi connectivity index (χ2n) is 3.59. The fraction of sp³-hybridized carbons (Fsp3) is 0.778. The first kappa shape index (κ1) is 15.7. The molecule has 0 aliphatic rings. The summed E-state index contributed by atoms with van der Waals surface area (Å²) in [5.41, 5.74) is 0. The van der Waals surface area contributed by atoms with Crippen molar-refractivity contribution in [2.75, 3.05) is 27.2 Å². The number of methoxy groups -OCH3 is 1. The molecular weight excluding hydrogens is 241 g/mol. The summed E-state index contributed by atoms with van der Waals surface area (Å²) in [7, 11) is 2.30. The van der Waals surface area contributed by atoms with E-state index in [1.165, 1.54) is 14.0 Å². The molecule has 0 bridgehead atoms. The van der Waals surface area contributed by atoms with E-state index in [2.05, 4.69) is 10.1 Å². The Balaban J connectivity index is 4.42. The normalized spacial score (nSPS) is 13.4. The molecule has 0 aliphatic carbocycles. The lowest BCUT2D eigenvalue weighted by molar-refractivity contribution is -0.151. The van der Waals surface area contributed by atoms with Crippen LogP contribution in [0.5, 0.6) is 0 Å². The van der Waals surface area contributed by atoms with Gasteiger partial charge in [0.25, 0.3) is 0 Å². The maximum atomic E-state index is 12.1. The van der Waals surface area contributed by atoms with Crippen LogP contribution >= 0.6 is 0 Å². The number of halogens is 3. The number of carbonyl (C=O) groups excluding carboxylic acids is 2. The van der Waals surface area contributed by atoms with Gasteiger partial charge in [-0.3, -0.25) is 9.69 Å². The molecule has 0 rings (SSSR count). The van der Waals surface area contributed by atoms with Gasteiger partial charge < -0.3 is 10.1 Å².